The van der Waals surface area contributed by atoms with Crippen LogP contribution in [0.4, 0.5) is 0 Å². The van der Waals surface area contributed by atoms with Crippen molar-refractivity contribution in [3.8, 4) is 0 Å². The van der Waals surface area contributed by atoms with Gasteiger partial charge in [0.05, 0.1) is 0 Å². The topological polar surface area (TPSA) is 12.0 Å². The van der Waals surface area contributed by atoms with E-state index >= 15 is 0 Å². The molecular formula is C12H25N. The van der Waals surface area contributed by atoms with Gasteiger partial charge in [0.2, 0.25) is 0 Å². The zero-order valence-electron chi connectivity index (χ0n) is 9.64. The van der Waals surface area contributed by atoms with Crippen molar-refractivity contribution in [2.75, 3.05) is 0 Å². The van der Waals surface area contributed by atoms with E-state index in [2.05, 4.69) is 33.0 Å². The van der Waals surface area contributed by atoms with Crippen molar-refractivity contribution in [1.29, 1.82) is 0 Å². The predicted octanol–water partition coefficient (Wildman–Crippen LogP) is 3.20. The molecule has 0 amide bonds. The smallest absolute Gasteiger partial charge is 0.00952 e. The molecule has 1 aliphatic rings. The molecule has 0 aromatic heterocycles. The van der Waals surface area contributed by atoms with E-state index in [0.29, 0.717) is 6.04 Å². The Morgan fingerprint density at radius 1 is 1.08 bits per heavy atom. The molecule has 0 aliphatic heterocycles. The normalized spacial score (nSPS) is 32.1. The van der Waals surface area contributed by atoms with Crippen LogP contribution in [0, 0.1) is 11.8 Å². The largest absolute Gasteiger partial charge is 0.311 e. The van der Waals surface area contributed by atoms with Gasteiger partial charge in [-0.05, 0) is 31.6 Å². The minimum absolute atomic E-state index is 0.672. The fraction of sp³-hybridized carbons (Fsp3) is 1.00. The van der Waals surface area contributed by atoms with Crippen LogP contribution in [-0.2, 0) is 0 Å². The highest BCUT2D eigenvalue weighted by molar-refractivity contribution is 4.81. The summed E-state index contributed by atoms with van der Waals surface area (Å²) in [6.45, 7) is 9.30. The van der Waals surface area contributed by atoms with E-state index < -0.39 is 0 Å². The molecule has 3 atom stereocenters. The van der Waals surface area contributed by atoms with Crippen LogP contribution in [-0.4, -0.2) is 12.1 Å². The van der Waals surface area contributed by atoms with Crippen molar-refractivity contribution in [1.82, 2.24) is 5.32 Å². The summed E-state index contributed by atoms with van der Waals surface area (Å²) in [6.07, 6.45) is 5.67. The molecule has 0 aromatic carbocycles. The summed E-state index contributed by atoms with van der Waals surface area (Å²) in [4.78, 5) is 0. The number of rotatable bonds is 3. The van der Waals surface area contributed by atoms with E-state index in [-0.39, 0.29) is 0 Å². The van der Waals surface area contributed by atoms with Crippen molar-refractivity contribution in [3.63, 3.8) is 0 Å². The first-order chi connectivity index (χ1) is 6.11. The monoisotopic (exact) mass is 183 g/mol. The van der Waals surface area contributed by atoms with E-state index in [0.717, 1.165) is 17.9 Å². The molecule has 0 aromatic rings. The van der Waals surface area contributed by atoms with Gasteiger partial charge in [-0.2, -0.15) is 0 Å². The Kier molecular flexibility index (Phi) is 4.24. The molecular weight excluding hydrogens is 158 g/mol. The number of hydrogen-bond acceptors (Lipinski definition) is 1. The summed E-state index contributed by atoms with van der Waals surface area (Å²) in [5.74, 6) is 1.64. The lowest BCUT2D eigenvalue weighted by molar-refractivity contribution is 0.244. The molecule has 13 heavy (non-hydrogen) atoms. The first kappa shape index (κ1) is 11.0. The first-order valence-corrected chi connectivity index (χ1v) is 5.87. The van der Waals surface area contributed by atoms with Gasteiger partial charge in [0.1, 0.15) is 0 Å². The summed E-state index contributed by atoms with van der Waals surface area (Å²) >= 11 is 0. The molecule has 0 unspecified atom stereocenters. The van der Waals surface area contributed by atoms with Gasteiger partial charge < -0.3 is 5.32 Å². The third-order valence-electron chi connectivity index (χ3n) is 3.59. The van der Waals surface area contributed by atoms with E-state index in [1.54, 1.807) is 0 Å². The maximum Gasteiger partial charge on any atom is 0.00952 e. The zero-order chi connectivity index (χ0) is 9.84. The van der Waals surface area contributed by atoms with Crippen molar-refractivity contribution < 1.29 is 0 Å². The van der Waals surface area contributed by atoms with Crippen LogP contribution in [0.2, 0.25) is 0 Å². The second-order valence-electron chi connectivity index (χ2n) is 5.07. The Bertz CT molecular complexity index is 142. The van der Waals surface area contributed by atoms with Gasteiger partial charge in [-0.15, -0.1) is 0 Å². The lowest BCUT2D eigenvalue weighted by Gasteiger charge is -2.33. The van der Waals surface area contributed by atoms with Crippen molar-refractivity contribution in [2.24, 2.45) is 11.8 Å². The molecule has 1 rings (SSSR count). The zero-order valence-corrected chi connectivity index (χ0v) is 9.64. The summed E-state index contributed by atoms with van der Waals surface area (Å²) in [5.41, 5.74) is 0. The highest BCUT2D eigenvalue weighted by atomic mass is 15.0. The van der Waals surface area contributed by atoms with Crippen LogP contribution >= 0.6 is 0 Å². The molecule has 1 aliphatic carbocycles. The maximum absolute atomic E-state index is 3.77. The Hall–Kier alpha value is -0.0400. The summed E-state index contributed by atoms with van der Waals surface area (Å²) in [6, 6.07) is 1.46. The Balaban J connectivity index is 2.33. The SMILES string of the molecule is CC(C)[C@H](C)N[C@@H]1CCCC[C@@H]1C. The Morgan fingerprint density at radius 3 is 2.23 bits per heavy atom. The quantitative estimate of drug-likeness (QED) is 0.708. The summed E-state index contributed by atoms with van der Waals surface area (Å²) in [7, 11) is 0. The van der Waals surface area contributed by atoms with Crippen LogP contribution in [0.3, 0.4) is 0 Å². The molecule has 1 saturated carbocycles. The molecule has 0 bridgehead atoms. The lowest BCUT2D eigenvalue weighted by Crippen LogP contribution is -2.44. The molecule has 0 radical (unpaired) electrons. The summed E-state index contributed by atoms with van der Waals surface area (Å²) < 4.78 is 0. The standard InChI is InChI=1S/C12H25N/c1-9(2)11(4)13-12-8-6-5-7-10(12)3/h9-13H,5-8H2,1-4H3/t10-,11-,12+/m0/s1. The third kappa shape index (κ3) is 3.30. The number of nitrogens with one attached hydrogen (secondary N) is 1. The predicted molar refractivity (Wildman–Crippen MR) is 58.9 cm³/mol. The minimum atomic E-state index is 0.672. The van der Waals surface area contributed by atoms with Crippen molar-refractivity contribution in [3.05, 3.63) is 0 Å². The molecule has 1 nitrogen and oxygen atoms in total. The molecule has 0 saturated heterocycles. The fourth-order valence-corrected chi connectivity index (χ4v) is 2.09. The molecule has 0 spiro atoms. The highest BCUT2D eigenvalue weighted by Gasteiger charge is 2.22. The van der Waals surface area contributed by atoms with Crippen LogP contribution in [0.15, 0.2) is 0 Å². The van der Waals surface area contributed by atoms with Gasteiger partial charge in [-0.1, -0.05) is 33.6 Å². The first-order valence-electron chi connectivity index (χ1n) is 5.87. The van der Waals surface area contributed by atoms with Gasteiger partial charge in [-0.25, -0.2) is 0 Å². The van der Waals surface area contributed by atoms with Crippen LogP contribution < -0.4 is 5.32 Å². The Labute approximate surface area is 83.3 Å². The molecule has 1 fully saturated rings. The van der Waals surface area contributed by atoms with Crippen LogP contribution in [0.5, 0.6) is 0 Å². The number of hydrogen-bond donors (Lipinski definition) is 1. The van der Waals surface area contributed by atoms with Crippen molar-refractivity contribution in [2.45, 2.75) is 65.5 Å². The second-order valence-corrected chi connectivity index (χ2v) is 5.07. The van der Waals surface area contributed by atoms with E-state index in [9.17, 15) is 0 Å². The van der Waals surface area contributed by atoms with Crippen molar-refractivity contribution >= 4 is 0 Å². The van der Waals surface area contributed by atoms with Gasteiger partial charge in [0, 0.05) is 12.1 Å². The second kappa shape index (κ2) is 4.99. The maximum atomic E-state index is 3.77. The Morgan fingerprint density at radius 2 is 1.69 bits per heavy atom. The third-order valence-corrected chi connectivity index (χ3v) is 3.59. The lowest BCUT2D eigenvalue weighted by atomic mass is 9.85. The molecule has 1 heteroatoms. The van der Waals surface area contributed by atoms with E-state index in [4.69, 9.17) is 0 Å². The average Bonchev–Trinajstić information content (AvgIpc) is 2.08. The molecule has 0 heterocycles. The van der Waals surface area contributed by atoms with Gasteiger partial charge >= 0.3 is 0 Å². The van der Waals surface area contributed by atoms with Crippen LogP contribution in [0.25, 0.3) is 0 Å². The van der Waals surface area contributed by atoms with Crippen LogP contribution in [0.1, 0.15) is 53.4 Å². The van der Waals surface area contributed by atoms with E-state index in [1.165, 1.54) is 25.7 Å². The van der Waals surface area contributed by atoms with E-state index in [1.807, 2.05) is 0 Å². The molecule has 1 N–H and O–H groups in total. The highest BCUT2D eigenvalue weighted by Crippen LogP contribution is 2.24. The fourth-order valence-electron chi connectivity index (χ4n) is 2.09. The summed E-state index contributed by atoms with van der Waals surface area (Å²) in [5, 5.41) is 3.77. The average molecular weight is 183 g/mol. The van der Waals surface area contributed by atoms with Gasteiger partial charge in [-0.3, -0.25) is 0 Å². The minimum Gasteiger partial charge on any atom is -0.311 e. The van der Waals surface area contributed by atoms with Gasteiger partial charge in [0.25, 0.3) is 0 Å². The molecule has 78 valence electrons. The van der Waals surface area contributed by atoms with Gasteiger partial charge in [0.15, 0.2) is 0 Å².